The molecule has 2 rings (SSSR count). The number of nitrogens with zero attached hydrogens (tertiary/aromatic N) is 2. The van der Waals surface area contributed by atoms with E-state index in [1.165, 1.54) is 12.1 Å². The molecule has 0 spiro atoms. The van der Waals surface area contributed by atoms with Crippen molar-refractivity contribution in [3.05, 3.63) is 41.0 Å². The number of anilines is 2. The lowest BCUT2D eigenvalue weighted by molar-refractivity contribution is 0.583. The third-order valence-corrected chi connectivity index (χ3v) is 4.77. The first-order chi connectivity index (χ1) is 11.4. The Balaban J connectivity index is 1.89. The molecule has 1 aromatic heterocycles. The van der Waals surface area contributed by atoms with Crippen LogP contribution in [0.2, 0.25) is 5.02 Å². The average molecular weight is 370 g/mol. The van der Waals surface area contributed by atoms with Crippen molar-refractivity contribution >= 4 is 33.4 Å². The predicted octanol–water partition coefficient (Wildman–Crippen LogP) is 2.26. The standard InChI is InChI=1S/C15H20ClN5O2S/c1-3-17-15-20-11(2)10-14(21-15)18-8-9-19-24(22,23)13-6-4-12(16)5-7-13/h4-7,10,19H,3,8-9H2,1-2H3,(H2,17,18,20,21). The van der Waals surface area contributed by atoms with Gasteiger partial charge in [-0.3, -0.25) is 0 Å². The van der Waals surface area contributed by atoms with Crippen molar-refractivity contribution < 1.29 is 8.42 Å². The van der Waals surface area contributed by atoms with Crippen LogP contribution in [0.15, 0.2) is 35.2 Å². The van der Waals surface area contributed by atoms with Crippen LogP contribution in [0.4, 0.5) is 11.8 Å². The van der Waals surface area contributed by atoms with Crippen LogP contribution in [-0.2, 0) is 10.0 Å². The molecular formula is C15H20ClN5O2S. The van der Waals surface area contributed by atoms with E-state index >= 15 is 0 Å². The van der Waals surface area contributed by atoms with Gasteiger partial charge in [-0.15, -0.1) is 0 Å². The lowest BCUT2D eigenvalue weighted by Crippen LogP contribution is -2.29. The van der Waals surface area contributed by atoms with Gasteiger partial charge in [-0.1, -0.05) is 11.6 Å². The molecule has 24 heavy (non-hydrogen) atoms. The van der Waals surface area contributed by atoms with E-state index in [1.807, 2.05) is 13.8 Å². The van der Waals surface area contributed by atoms with Gasteiger partial charge in [0.25, 0.3) is 0 Å². The van der Waals surface area contributed by atoms with Gasteiger partial charge in [-0.05, 0) is 38.1 Å². The Morgan fingerprint density at radius 1 is 1.08 bits per heavy atom. The highest BCUT2D eigenvalue weighted by Gasteiger charge is 2.12. The van der Waals surface area contributed by atoms with Gasteiger partial charge < -0.3 is 10.6 Å². The second kappa shape index (κ2) is 8.27. The van der Waals surface area contributed by atoms with Crippen molar-refractivity contribution in [1.82, 2.24) is 14.7 Å². The van der Waals surface area contributed by atoms with Crippen LogP contribution in [0.25, 0.3) is 0 Å². The minimum Gasteiger partial charge on any atom is -0.369 e. The molecule has 0 amide bonds. The van der Waals surface area contributed by atoms with Gasteiger partial charge in [-0.25, -0.2) is 18.1 Å². The summed E-state index contributed by atoms with van der Waals surface area (Å²) in [6.45, 7) is 5.18. The van der Waals surface area contributed by atoms with Gasteiger partial charge in [0.05, 0.1) is 4.90 Å². The van der Waals surface area contributed by atoms with Gasteiger partial charge in [0, 0.05) is 36.4 Å². The summed E-state index contributed by atoms with van der Waals surface area (Å²) in [4.78, 5) is 8.73. The average Bonchev–Trinajstić information content (AvgIpc) is 2.52. The predicted molar refractivity (Wildman–Crippen MR) is 96.1 cm³/mol. The van der Waals surface area contributed by atoms with E-state index in [4.69, 9.17) is 11.6 Å². The van der Waals surface area contributed by atoms with Crippen molar-refractivity contribution in [2.75, 3.05) is 30.3 Å². The van der Waals surface area contributed by atoms with Crippen molar-refractivity contribution in [1.29, 1.82) is 0 Å². The molecule has 0 aliphatic heterocycles. The van der Waals surface area contributed by atoms with Crippen LogP contribution < -0.4 is 15.4 Å². The molecular weight excluding hydrogens is 350 g/mol. The van der Waals surface area contributed by atoms with Gasteiger partial charge in [-0.2, -0.15) is 4.98 Å². The van der Waals surface area contributed by atoms with Crippen molar-refractivity contribution in [2.24, 2.45) is 0 Å². The fourth-order valence-corrected chi connectivity index (χ4v) is 3.13. The normalized spacial score (nSPS) is 11.3. The molecule has 7 nitrogen and oxygen atoms in total. The first kappa shape index (κ1) is 18.4. The molecule has 3 N–H and O–H groups in total. The Hall–Kier alpha value is -1.90. The highest BCUT2D eigenvalue weighted by Crippen LogP contribution is 2.13. The summed E-state index contributed by atoms with van der Waals surface area (Å²) in [6, 6.07) is 7.82. The number of rotatable bonds is 8. The second-order valence-electron chi connectivity index (χ2n) is 5.03. The molecule has 0 aliphatic carbocycles. The first-order valence-electron chi connectivity index (χ1n) is 7.49. The first-order valence-corrected chi connectivity index (χ1v) is 9.35. The van der Waals surface area contributed by atoms with E-state index in [-0.39, 0.29) is 11.4 Å². The zero-order valence-corrected chi connectivity index (χ0v) is 15.1. The van der Waals surface area contributed by atoms with E-state index in [9.17, 15) is 8.42 Å². The SMILES string of the molecule is CCNc1nc(C)cc(NCCNS(=O)(=O)c2ccc(Cl)cc2)n1. The third-order valence-electron chi connectivity index (χ3n) is 3.04. The fourth-order valence-electron chi connectivity index (χ4n) is 1.97. The van der Waals surface area contributed by atoms with E-state index in [0.29, 0.717) is 23.3 Å². The summed E-state index contributed by atoms with van der Waals surface area (Å²) in [7, 11) is -3.55. The summed E-state index contributed by atoms with van der Waals surface area (Å²) in [6.07, 6.45) is 0. The van der Waals surface area contributed by atoms with E-state index in [2.05, 4.69) is 25.3 Å². The Bertz CT molecular complexity index is 781. The van der Waals surface area contributed by atoms with E-state index < -0.39 is 10.0 Å². The van der Waals surface area contributed by atoms with Gasteiger partial charge in [0.1, 0.15) is 5.82 Å². The van der Waals surface area contributed by atoms with Crippen molar-refractivity contribution in [2.45, 2.75) is 18.7 Å². The molecule has 0 saturated carbocycles. The maximum Gasteiger partial charge on any atom is 0.240 e. The number of hydrogen-bond acceptors (Lipinski definition) is 6. The zero-order valence-electron chi connectivity index (χ0n) is 13.5. The second-order valence-corrected chi connectivity index (χ2v) is 7.23. The number of nitrogens with one attached hydrogen (secondary N) is 3. The fraction of sp³-hybridized carbons (Fsp3) is 0.333. The highest BCUT2D eigenvalue weighted by molar-refractivity contribution is 7.89. The molecule has 9 heteroatoms. The minimum absolute atomic E-state index is 0.180. The van der Waals surface area contributed by atoms with Crippen molar-refractivity contribution in [3.8, 4) is 0 Å². The summed E-state index contributed by atoms with van der Waals surface area (Å²) in [5.74, 6) is 1.19. The van der Waals surface area contributed by atoms with Gasteiger partial charge in [0.15, 0.2) is 0 Å². The molecule has 1 heterocycles. The highest BCUT2D eigenvalue weighted by atomic mass is 35.5. The van der Waals surface area contributed by atoms with E-state index in [1.54, 1.807) is 18.2 Å². The number of hydrogen-bond donors (Lipinski definition) is 3. The Kier molecular flexibility index (Phi) is 6.36. The van der Waals surface area contributed by atoms with Crippen LogP contribution in [0, 0.1) is 6.92 Å². The molecule has 0 fully saturated rings. The Morgan fingerprint density at radius 2 is 1.79 bits per heavy atom. The number of aryl methyl sites for hydroxylation is 1. The number of aromatic nitrogens is 2. The van der Waals surface area contributed by atoms with Crippen LogP contribution in [0.3, 0.4) is 0 Å². The van der Waals surface area contributed by atoms with Crippen LogP contribution in [-0.4, -0.2) is 38.0 Å². The lowest BCUT2D eigenvalue weighted by atomic mass is 10.4. The van der Waals surface area contributed by atoms with Crippen molar-refractivity contribution in [3.63, 3.8) is 0 Å². The molecule has 0 atom stereocenters. The van der Waals surface area contributed by atoms with Gasteiger partial charge >= 0.3 is 0 Å². The summed E-state index contributed by atoms with van der Waals surface area (Å²) < 4.78 is 26.8. The monoisotopic (exact) mass is 369 g/mol. The smallest absolute Gasteiger partial charge is 0.240 e. The molecule has 0 aliphatic rings. The molecule has 1 aromatic carbocycles. The number of sulfonamides is 1. The molecule has 0 bridgehead atoms. The third kappa shape index (κ3) is 5.33. The van der Waals surface area contributed by atoms with E-state index in [0.717, 1.165) is 12.2 Å². The van der Waals surface area contributed by atoms with Crippen LogP contribution in [0.5, 0.6) is 0 Å². The molecule has 130 valence electrons. The van der Waals surface area contributed by atoms with Gasteiger partial charge in [0.2, 0.25) is 16.0 Å². The Morgan fingerprint density at radius 3 is 2.46 bits per heavy atom. The number of benzene rings is 1. The Labute approximate surface area is 146 Å². The van der Waals surface area contributed by atoms with Crippen LogP contribution >= 0.6 is 11.6 Å². The zero-order chi connectivity index (χ0) is 17.6. The minimum atomic E-state index is -3.55. The molecule has 0 saturated heterocycles. The summed E-state index contributed by atoms with van der Waals surface area (Å²) in [5, 5.41) is 6.62. The van der Waals surface area contributed by atoms with Crippen LogP contribution in [0.1, 0.15) is 12.6 Å². The quantitative estimate of drug-likeness (QED) is 0.618. The molecule has 0 radical (unpaired) electrons. The maximum atomic E-state index is 12.1. The largest absolute Gasteiger partial charge is 0.369 e. The summed E-state index contributed by atoms with van der Waals surface area (Å²) >= 11 is 5.76. The molecule has 0 unspecified atom stereocenters. The molecule has 2 aromatic rings. The summed E-state index contributed by atoms with van der Waals surface area (Å²) in [5.41, 5.74) is 0.824. The lowest BCUT2D eigenvalue weighted by Gasteiger charge is -2.10. The number of halogens is 1. The topological polar surface area (TPSA) is 96.0 Å². The maximum absolute atomic E-state index is 12.1.